The third kappa shape index (κ3) is 2.94. The van der Waals surface area contributed by atoms with Crippen molar-refractivity contribution < 1.29 is 0 Å². The molecule has 1 aromatic carbocycles. The van der Waals surface area contributed by atoms with E-state index in [4.69, 9.17) is 5.26 Å². The summed E-state index contributed by atoms with van der Waals surface area (Å²) in [6.45, 7) is 0.704. The summed E-state index contributed by atoms with van der Waals surface area (Å²) in [5.41, 5.74) is 2.61. The first-order chi connectivity index (χ1) is 8.31. The Morgan fingerprint density at radius 2 is 2.00 bits per heavy atom. The van der Waals surface area contributed by atoms with Crippen LogP contribution in [0, 0.1) is 14.9 Å². The number of hydrogen-bond donors (Lipinski definition) is 1. The zero-order chi connectivity index (χ0) is 12.1. The first kappa shape index (κ1) is 11.9. The molecule has 0 unspecified atom stereocenters. The van der Waals surface area contributed by atoms with Gasteiger partial charge in [0.25, 0.3) is 0 Å². The minimum Gasteiger partial charge on any atom is -0.379 e. The highest BCUT2D eigenvalue weighted by molar-refractivity contribution is 14.1. The molecule has 0 saturated heterocycles. The van der Waals surface area contributed by atoms with E-state index in [9.17, 15) is 0 Å². The van der Waals surface area contributed by atoms with Crippen LogP contribution in [0.1, 0.15) is 11.1 Å². The van der Waals surface area contributed by atoms with E-state index >= 15 is 0 Å². The summed E-state index contributed by atoms with van der Waals surface area (Å²) in [5.74, 6) is 0. The summed E-state index contributed by atoms with van der Waals surface area (Å²) in [4.78, 5) is 4.00. The van der Waals surface area contributed by atoms with E-state index < -0.39 is 0 Å². The fourth-order valence-corrected chi connectivity index (χ4v) is 2.13. The largest absolute Gasteiger partial charge is 0.379 e. The molecule has 0 radical (unpaired) electrons. The van der Waals surface area contributed by atoms with Crippen LogP contribution in [0.3, 0.4) is 0 Å². The Morgan fingerprint density at radius 3 is 2.71 bits per heavy atom. The van der Waals surface area contributed by atoms with Gasteiger partial charge in [-0.3, -0.25) is 4.98 Å². The molecule has 1 heterocycles. The smallest absolute Gasteiger partial charge is 0.103 e. The second-order valence-corrected chi connectivity index (χ2v) is 4.66. The Hall–Kier alpha value is -1.61. The molecular weight excluding hydrogens is 325 g/mol. The minimum atomic E-state index is 0.577. The van der Waals surface area contributed by atoms with Gasteiger partial charge in [0.1, 0.15) is 6.07 Å². The van der Waals surface area contributed by atoms with Crippen molar-refractivity contribution in [3.63, 3.8) is 0 Å². The predicted molar refractivity (Wildman–Crippen MR) is 75.4 cm³/mol. The van der Waals surface area contributed by atoms with E-state index in [-0.39, 0.29) is 0 Å². The molecule has 0 atom stereocenters. The van der Waals surface area contributed by atoms with Crippen molar-refractivity contribution in [2.45, 2.75) is 6.54 Å². The lowest BCUT2D eigenvalue weighted by Gasteiger charge is -2.09. The molecule has 0 bridgehead atoms. The van der Waals surface area contributed by atoms with Crippen molar-refractivity contribution in [3.8, 4) is 6.07 Å². The van der Waals surface area contributed by atoms with Crippen LogP contribution in [-0.2, 0) is 6.54 Å². The molecule has 0 fully saturated rings. The highest BCUT2D eigenvalue weighted by Crippen LogP contribution is 2.21. The van der Waals surface area contributed by atoms with Crippen LogP contribution in [-0.4, -0.2) is 4.98 Å². The molecule has 0 aliphatic rings. The Labute approximate surface area is 114 Å². The van der Waals surface area contributed by atoms with E-state index in [0.29, 0.717) is 12.1 Å². The number of rotatable bonds is 3. The fraction of sp³-hybridized carbons (Fsp3) is 0.0769. The molecule has 1 aromatic heterocycles. The average Bonchev–Trinajstić information content (AvgIpc) is 2.38. The van der Waals surface area contributed by atoms with Gasteiger partial charge in [0.2, 0.25) is 0 Å². The SMILES string of the molecule is N#Cc1cncc(I)c1NCc1ccccc1. The molecule has 0 amide bonds. The van der Waals surface area contributed by atoms with Crippen LogP contribution in [0.4, 0.5) is 5.69 Å². The van der Waals surface area contributed by atoms with Gasteiger partial charge in [-0.2, -0.15) is 5.26 Å². The van der Waals surface area contributed by atoms with Crippen LogP contribution in [0.5, 0.6) is 0 Å². The molecule has 2 aromatic rings. The maximum absolute atomic E-state index is 9.01. The molecule has 0 aliphatic carbocycles. The Morgan fingerprint density at radius 1 is 1.24 bits per heavy atom. The van der Waals surface area contributed by atoms with Gasteiger partial charge in [0.15, 0.2) is 0 Å². The van der Waals surface area contributed by atoms with Crippen molar-refractivity contribution in [1.82, 2.24) is 4.98 Å². The number of nitrogens with one attached hydrogen (secondary N) is 1. The summed E-state index contributed by atoms with van der Waals surface area (Å²) in [6, 6.07) is 12.2. The normalized spacial score (nSPS) is 9.65. The molecule has 1 N–H and O–H groups in total. The monoisotopic (exact) mass is 335 g/mol. The number of pyridine rings is 1. The van der Waals surface area contributed by atoms with Crippen LogP contribution in [0.2, 0.25) is 0 Å². The number of anilines is 1. The summed E-state index contributed by atoms with van der Waals surface area (Å²) in [7, 11) is 0. The van der Waals surface area contributed by atoms with E-state index in [2.05, 4.69) is 39.0 Å². The number of nitriles is 1. The maximum Gasteiger partial charge on any atom is 0.103 e. The Bertz CT molecular complexity index is 546. The summed E-state index contributed by atoms with van der Waals surface area (Å²) < 4.78 is 0.956. The number of nitrogens with zero attached hydrogens (tertiary/aromatic N) is 2. The lowest BCUT2D eigenvalue weighted by Crippen LogP contribution is -2.03. The van der Waals surface area contributed by atoms with Crippen molar-refractivity contribution >= 4 is 28.3 Å². The first-order valence-electron chi connectivity index (χ1n) is 5.12. The number of aromatic nitrogens is 1. The lowest BCUT2D eigenvalue weighted by molar-refractivity contribution is 1.13. The topological polar surface area (TPSA) is 48.7 Å². The molecule has 84 valence electrons. The highest BCUT2D eigenvalue weighted by atomic mass is 127. The van der Waals surface area contributed by atoms with Gasteiger partial charge in [-0.05, 0) is 28.2 Å². The Kier molecular flexibility index (Phi) is 3.94. The van der Waals surface area contributed by atoms with Crippen LogP contribution >= 0.6 is 22.6 Å². The minimum absolute atomic E-state index is 0.577. The fourth-order valence-electron chi connectivity index (χ4n) is 1.49. The quantitative estimate of drug-likeness (QED) is 0.877. The van der Waals surface area contributed by atoms with Gasteiger partial charge in [-0.15, -0.1) is 0 Å². The van der Waals surface area contributed by atoms with Gasteiger partial charge < -0.3 is 5.32 Å². The van der Waals surface area contributed by atoms with E-state index in [1.807, 2.05) is 30.3 Å². The van der Waals surface area contributed by atoms with Gasteiger partial charge >= 0.3 is 0 Å². The van der Waals surface area contributed by atoms with E-state index in [1.165, 1.54) is 5.56 Å². The highest BCUT2D eigenvalue weighted by Gasteiger charge is 2.06. The molecular formula is C13H10IN3. The second kappa shape index (κ2) is 5.64. The van der Waals surface area contributed by atoms with Crippen LogP contribution in [0.25, 0.3) is 0 Å². The first-order valence-corrected chi connectivity index (χ1v) is 6.20. The molecule has 0 aliphatic heterocycles. The van der Waals surface area contributed by atoms with Gasteiger partial charge in [0.05, 0.1) is 14.8 Å². The summed E-state index contributed by atoms with van der Waals surface area (Å²) in [5, 5.41) is 12.3. The van der Waals surface area contributed by atoms with Crippen molar-refractivity contribution in [3.05, 3.63) is 57.4 Å². The summed E-state index contributed by atoms with van der Waals surface area (Å²) in [6.07, 6.45) is 3.32. The number of hydrogen-bond acceptors (Lipinski definition) is 3. The number of halogens is 1. The van der Waals surface area contributed by atoms with E-state index in [0.717, 1.165) is 9.26 Å². The van der Waals surface area contributed by atoms with Gasteiger partial charge in [-0.1, -0.05) is 30.3 Å². The Balaban J connectivity index is 2.17. The zero-order valence-corrected chi connectivity index (χ0v) is 11.2. The van der Waals surface area contributed by atoms with Crippen LogP contribution in [0.15, 0.2) is 42.7 Å². The molecule has 0 spiro atoms. The molecule has 17 heavy (non-hydrogen) atoms. The van der Waals surface area contributed by atoms with Gasteiger partial charge in [0, 0.05) is 18.9 Å². The standard InChI is InChI=1S/C13H10IN3/c14-12-9-16-8-11(6-15)13(12)17-7-10-4-2-1-3-5-10/h1-5,8-9H,7H2,(H,16,17). The average molecular weight is 335 g/mol. The third-order valence-electron chi connectivity index (χ3n) is 2.33. The third-order valence-corrected chi connectivity index (χ3v) is 3.15. The van der Waals surface area contributed by atoms with Gasteiger partial charge in [-0.25, -0.2) is 0 Å². The predicted octanol–water partition coefficient (Wildman–Crippen LogP) is 3.17. The summed E-state index contributed by atoms with van der Waals surface area (Å²) >= 11 is 2.18. The molecule has 3 nitrogen and oxygen atoms in total. The molecule has 2 rings (SSSR count). The van der Waals surface area contributed by atoms with Crippen molar-refractivity contribution in [2.75, 3.05) is 5.32 Å². The van der Waals surface area contributed by atoms with Crippen molar-refractivity contribution in [2.24, 2.45) is 0 Å². The van der Waals surface area contributed by atoms with Crippen molar-refractivity contribution in [1.29, 1.82) is 5.26 Å². The van der Waals surface area contributed by atoms with Crippen LogP contribution < -0.4 is 5.32 Å². The zero-order valence-electron chi connectivity index (χ0n) is 9.02. The maximum atomic E-state index is 9.01. The second-order valence-electron chi connectivity index (χ2n) is 3.49. The molecule has 0 saturated carbocycles. The van der Waals surface area contributed by atoms with E-state index in [1.54, 1.807) is 12.4 Å². The number of benzene rings is 1. The lowest BCUT2D eigenvalue weighted by atomic mass is 10.2. The molecule has 4 heteroatoms.